The molecule has 1 fully saturated rings. The van der Waals surface area contributed by atoms with E-state index in [1.54, 1.807) is 6.07 Å². The smallest absolute Gasteiger partial charge is 0.169 e. The second-order valence-electron chi connectivity index (χ2n) is 5.40. The molecule has 2 aromatic rings. The van der Waals surface area contributed by atoms with Crippen molar-refractivity contribution in [3.05, 3.63) is 54.3 Å². The lowest BCUT2D eigenvalue weighted by Crippen LogP contribution is -2.25. The monoisotopic (exact) mass is 301 g/mol. The summed E-state index contributed by atoms with van der Waals surface area (Å²) in [6.45, 7) is 3.65. The lowest BCUT2D eigenvalue weighted by Gasteiger charge is -2.16. The molecule has 0 unspecified atom stereocenters. The molecule has 1 saturated heterocycles. The normalized spacial score (nSPS) is 15.0. The predicted octanol–water partition coefficient (Wildman–Crippen LogP) is 4.09. The molecule has 0 aromatic heterocycles. The molecule has 1 heterocycles. The minimum atomic E-state index is -0.323. The number of ether oxygens (including phenoxy) is 2. The molecule has 0 bridgehead atoms. The van der Waals surface area contributed by atoms with E-state index in [-0.39, 0.29) is 5.82 Å². The summed E-state index contributed by atoms with van der Waals surface area (Å²) in [6, 6.07) is 13.8. The maximum Gasteiger partial charge on any atom is 0.169 e. The van der Waals surface area contributed by atoms with Crippen LogP contribution in [0.5, 0.6) is 17.2 Å². The third kappa shape index (κ3) is 3.98. The molecular formula is C18H20FNO2. The van der Waals surface area contributed by atoms with Gasteiger partial charge in [-0.1, -0.05) is 18.2 Å². The first-order valence-corrected chi connectivity index (χ1v) is 7.69. The molecule has 0 spiro atoms. The number of likely N-dealkylation sites (tertiary alicyclic amines) is 1. The summed E-state index contributed by atoms with van der Waals surface area (Å²) in [4.78, 5) is 2.36. The molecule has 0 saturated carbocycles. The van der Waals surface area contributed by atoms with E-state index in [4.69, 9.17) is 9.47 Å². The van der Waals surface area contributed by atoms with Crippen molar-refractivity contribution in [2.24, 2.45) is 0 Å². The third-order valence-electron chi connectivity index (χ3n) is 3.74. The van der Waals surface area contributed by atoms with Gasteiger partial charge in [-0.3, -0.25) is 4.90 Å². The molecule has 0 N–H and O–H groups in total. The maximum atomic E-state index is 13.5. The first kappa shape index (κ1) is 14.9. The Kier molecular flexibility index (Phi) is 4.91. The van der Waals surface area contributed by atoms with Crippen molar-refractivity contribution in [3.8, 4) is 17.2 Å². The molecule has 1 aliphatic heterocycles. The number of halogens is 1. The zero-order chi connectivity index (χ0) is 15.2. The molecule has 22 heavy (non-hydrogen) atoms. The summed E-state index contributed by atoms with van der Waals surface area (Å²) >= 11 is 0. The van der Waals surface area contributed by atoms with Crippen LogP contribution < -0.4 is 9.47 Å². The van der Waals surface area contributed by atoms with Crippen LogP contribution in [0.1, 0.15) is 12.8 Å². The van der Waals surface area contributed by atoms with Crippen molar-refractivity contribution in [1.82, 2.24) is 4.90 Å². The van der Waals surface area contributed by atoms with Gasteiger partial charge in [0.2, 0.25) is 0 Å². The molecule has 0 atom stereocenters. The zero-order valence-electron chi connectivity index (χ0n) is 12.5. The molecular weight excluding hydrogens is 281 g/mol. The standard InChI is InChI=1S/C18H20FNO2/c19-15-8-9-17(22-16-6-2-1-3-7-16)18(14-15)21-13-12-20-10-4-5-11-20/h1-3,6-9,14H,4-5,10-13H2. The van der Waals surface area contributed by atoms with Gasteiger partial charge in [-0.2, -0.15) is 0 Å². The van der Waals surface area contributed by atoms with E-state index < -0.39 is 0 Å². The number of nitrogens with zero attached hydrogens (tertiary/aromatic N) is 1. The van der Waals surface area contributed by atoms with Crippen LogP contribution in [0.2, 0.25) is 0 Å². The van der Waals surface area contributed by atoms with Crippen LogP contribution in [-0.4, -0.2) is 31.1 Å². The lowest BCUT2D eigenvalue weighted by atomic mass is 10.3. The zero-order valence-corrected chi connectivity index (χ0v) is 12.5. The van der Waals surface area contributed by atoms with Crippen molar-refractivity contribution < 1.29 is 13.9 Å². The first-order valence-electron chi connectivity index (χ1n) is 7.69. The van der Waals surface area contributed by atoms with E-state index in [1.165, 1.54) is 25.0 Å². The van der Waals surface area contributed by atoms with Crippen LogP contribution in [0.4, 0.5) is 4.39 Å². The third-order valence-corrected chi connectivity index (χ3v) is 3.74. The number of hydrogen-bond donors (Lipinski definition) is 0. The Bertz CT molecular complexity index is 597. The quantitative estimate of drug-likeness (QED) is 0.802. The van der Waals surface area contributed by atoms with E-state index in [9.17, 15) is 4.39 Å². The molecule has 116 valence electrons. The second-order valence-corrected chi connectivity index (χ2v) is 5.40. The highest BCUT2D eigenvalue weighted by Gasteiger charge is 2.12. The molecule has 2 aromatic carbocycles. The van der Waals surface area contributed by atoms with Gasteiger partial charge in [0.15, 0.2) is 11.5 Å². The number of rotatable bonds is 6. The van der Waals surface area contributed by atoms with Crippen LogP contribution >= 0.6 is 0 Å². The van der Waals surface area contributed by atoms with Crippen LogP contribution in [0.25, 0.3) is 0 Å². The summed E-state index contributed by atoms with van der Waals surface area (Å²) in [5.41, 5.74) is 0. The van der Waals surface area contributed by atoms with Gasteiger partial charge in [-0.05, 0) is 50.2 Å². The van der Waals surface area contributed by atoms with Crippen LogP contribution in [0.3, 0.4) is 0 Å². The SMILES string of the molecule is Fc1ccc(Oc2ccccc2)c(OCCN2CCCC2)c1. The molecule has 4 heteroatoms. The van der Waals surface area contributed by atoms with Crippen LogP contribution in [0.15, 0.2) is 48.5 Å². The second kappa shape index (κ2) is 7.27. The largest absolute Gasteiger partial charge is 0.488 e. The highest BCUT2D eigenvalue weighted by molar-refractivity contribution is 5.43. The summed E-state index contributed by atoms with van der Waals surface area (Å²) in [5, 5.41) is 0. The summed E-state index contributed by atoms with van der Waals surface area (Å²) in [6.07, 6.45) is 2.50. The Labute approximate surface area is 130 Å². The van der Waals surface area contributed by atoms with E-state index in [1.807, 2.05) is 30.3 Å². The molecule has 1 aliphatic rings. The van der Waals surface area contributed by atoms with Crippen molar-refractivity contribution in [2.75, 3.05) is 26.2 Å². The summed E-state index contributed by atoms with van der Waals surface area (Å²) in [5.74, 6) is 1.37. The number of hydrogen-bond acceptors (Lipinski definition) is 3. The molecule has 3 nitrogen and oxygen atoms in total. The summed E-state index contributed by atoms with van der Waals surface area (Å²) in [7, 11) is 0. The van der Waals surface area contributed by atoms with Gasteiger partial charge in [-0.25, -0.2) is 4.39 Å². The molecule has 3 rings (SSSR count). The van der Waals surface area contributed by atoms with Gasteiger partial charge in [0, 0.05) is 12.6 Å². The van der Waals surface area contributed by atoms with Gasteiger partial charge in [0.25, 0.3) is 0 Å². The van der Waals surface area contributed by atoms with E-state index in [0.717, 1.165) is 19.6 Å². The fraction of sp³-hybridized carbons (Fsp3) is 0.333. The highest BCUT2D eigenvalue weighted by Crippen LogP contribution is 2.32. The minimum absolute atomic E-state index is 0.323. The fourth-order valence-corrected chi connectivity index (χ4v) is 2.59. The van der Waals surface area contributed by atoms with Gasteiger partial charge in [0.1, 0.15) is 18.2 Å². The van der Waals surface area contributed by atoms with Crippen molar-refractivity contribution in [2.45, 2.75) is 12.8 Å². The van der Waals surface area contributed by atoms with Gasteiger partial charge in [0.05, 0.1) is 0 Å². The van der Waals surface area contributed by atoms with Crippen LogP contribution in [-0.2, 0) is 0 Å². The van der Waals surface area contributed by atoms with E-state index >= 15 is 0 Å². The predicted molar refractivity (Wildman–Crippen MR) is 84.1 cm³/mol. The Morgan fingerprint density at radius 2 is 1.73 bits per heavy atom. The number of benzene rings is 2. The average molecular weight is 301 g/mol. The van der Waals surface area contributed by atoms with Crippen LogP contribution in [0, 0.1) is 5.82 Å². The fourth-order valence-electron chi connectivity index (χ4n) is 2.59. The summed E-state index contributed by atoms with van der Waals surface area (Å²) < 4.78 is 25.0. The van der Waals surface area contributed by atoms with Crippen molar-refractivity contribution in [1.29, 1.82) is 0 Å². The van der Waals surface area contributed by atoms with Gasteiger partial charge >= 0.3 is 0 Å². The molecule has 0 radical (unpaired) electrons. The average Bonchev–Trinajstić information content (AvgIpc) is 3.04. The Balaban J connectivity index is 1.64. The minimum Gasteiger partial charge on any atom is -0.488 e. The number of para-hydroxylation sites is 1. The van der Waals surface area contributed by atoms with Crippen molar-refractivity contribution in [3.63, 3.8) is 0 Å². The Morgan fingerprint density at radius 1 is 0.955 bits per heavy atom. The van der Waals surface area contributed by atoms with Crippen molar-refractivity contribution >= 4 is 0 Å². The lowest BCUT2D eigenvalue weighted by molar-refractivity contribution is 0.232. The Hall–Kier alpha value is -2.07. The molecule has 0 aliphatic carbocycles. The first-order chi connectivity index (χ1) is 10.8. The topological polar surface area (TPSA) is 21.7 Å². The van der Waals surface area contributed by atoms with Gasteiger partial charge in [-0.15, -0.1) is 0 Å². The Morgan fingerprint density at radius 3 is 2.50 bits per heavy atom. The highest BCUT2D eigenvalue weighted by atomic mass is 19.1. The van der Waals surface area contributed by atoms with E-state index in [2.05, 4.69) is 4.90 Å². The van der Waals surface area contributed by atoms with E-state index in [0.29, 0.717) is 23.9 Å². The maximum absolute atomic E-state index is 13.5. The van der Waals surface area contributed by atoms with Gasteiger partial charge < -0.3 is 9.47 Å². The molecule has 0 amide bonds.